The van der Waals surface area contributed by atoms with E-state index in [1.807, 2.05) is 35.8 Å². The number of piperidine rings is 1. The number of ether oxygens (including phenoxy) is 1. The van der Waals surface area contributed by atoms with E-state index in [9.17, 15) is 4.79 Å². The van der Waals surface area contributed by atoms with Crippen molar-refractivity contribution in [1.29, 1.82) is 0 Å². The van der Waals surface area contributed by atoms with Gasteiger partial charge in [-0.1, -0.05) is 0 Å². The lowest BCUT2D eigenvalue weighted by Gasteiger charge is -2.32. The second kappa shape index (κ2) is 7.09. The van der Waals surface area contributed by atoms with Crippen LogP contribution in [0.5, 0.6) is 0 Å². The third-order valence-corrected chi connectivity index (χ3v) is 4.60. The van der Waals surface area contributed by atoms with Gasteiger partial charge < -0.3 is 14.2 Å². The smallest absolute Gasteiger partial charge is 0.248 e. The number of hydrogen-bond acceptors (Lipinski definition) is 5. The number of aromatic nitrogens is 4. The summed E-state index contributed by atoms with van der Waals surface area (Å²) in [7, 11) is 3.52. The second-order valence-electron chi connectivity index (χ2n) is 6.19. The Morgan fingerprint density at radius 1 is 1.38 bits per heavy atom. The quantitative estimate of drug-likeness (QED) is 0.851. The summed E-state index contributed by atoms with van der Waals surface area (Å²) in [5.41, 5.74) is 2.70. The number of nitrogens with zero attached hydrogens (tertiary/aromatic N) is 5. The first-order valence-corrected chi connectivity index (χ1v) is 8.17. The summed E-state index contributed by atoms with van der Waals surface area (Å²) in [5, 5.41) is 0. The highest BCUT2D eigenvalue weighted by molar-refractivity contribution is 5.77. The minimum atomic E-state index is 0.0357. The number of aryl methyl sites for hydroxylation is 1. The molecule has 0 radical (unpaired) electrons. The molecule has 0 aliphatic carbocycles. The van der Waals surface area contributed by atoms with Crippen LogP contribution in [0.4, 0.5) is 0 Å². The Bertz CT molecular complexity index is 728. The Labute approximate surface area is 141 Å². The zero-order valence-electron chi connectivity index (χ0n) is 14.4. The number of amides is 1. The first kappa shape index (κ1) is 16.6. The van der Waals surface area contributed by atoms with Crippen molar-refractivity contribution in [2.75, 3.05) is 26.8 Å². The van der Waals surface area contributed by atoms with E-state index in [0.717, 1.165) is 42.3 Å². The molecule has 24 heavy (non-hydrogen) atoms. The van der Waals surface area contributed by atoms with E-state index in [1.165, 1.54) is 0 Å². The minimum absolute atomic E-state index is 0.0357. The van der Waals surface area contributed by atoms with Gasteiger partial charge in [-0.25, -0.2) is 9.97 Å². The van der Waals surface area contributed by atoms with E-state index in [4.69, 9.17) is 9.72 Å². The van der Waals surface area contributed by atoms with Gasteiger partial charge in [0.1, 0.15) is 18.1 Å². The van der Waals surface area contributed by atoms with Gasteiger partial charge in [0.25, 0.3) is 0 Å². The summed E-state index contributed by atoms with van der Waals surface area (Å²) >= 11 is 0. The molecule has 3 rings (SSSR count). The second-order valence-corrected chi connectivity index (χ2v) is 6.19. The van der Waals surface area contributed by atoms with Crippen molar-refractivity contribution in [2.24, 2.45) is 7.05 Å². The number of rotatable bonds is 4. The number of imidazole rings is 1. The lowest BCUT2D eigenvalue weighted by molar-refractivity contribution is -0.136. The number of likely N-dealkylation sites (tertiary alicyclic amines) is 1. The standard InChI is InChI=1S/C17H23N5O2/c1-12-19-9-16(21(12)2)15-8-18-7-14(20-15)13-5-4-6-22(10-13)17(23)11-24-3/h7-9,13H,4-6,10-11H2,1-3H3/t13-/m1/s1. The molecule has 7 nitrogen and oxygen atoms in total. The summed E-state index contributed by atoms with van der Waals surface area (Å²) < 4.78 is 6.96. The Hall–Kier alpha value is -2.28. The average Bonchev–Trinajstić information content (AvgIpc) is 2.94. The lowest BCUT2D eigenvalue weighted by Crippen LogP contribution is -2.41. The number of hydrogen-bond donors (Lipinski definition) is 0. The topological polar surface area (TPSA) is 73.1 Å². The van der Waals surface area contributed by atoms with Gasteiger partial charge in [-0.15, -0.1) is 0 Å². The molecule has 1 saturated heterocycles. The van der Waals surface area contributed by atoms with Gasteiger partial charge >= 0.3 is 0 Å². The fourth-order valence-corrected chi connectivity index (χ4v) is 3.10. The van der Waals surface area contributed by atoms with Gasteiger partial charge in [0, 0.05) is 39.4 Å². The summed E-state index contributed by atoms with van der Waals surface area (Å²) in [5.74, 6) is 1.18. The van der Waals surface area contributed by atoms with E-state index in [0.29, 0.717) is 6.54 Å². The van der Waals surface area contributed by atoms with Crippen LogP contribution in [-0.4, -0.2) is 57.1 Å². The predicted molar refractivity (Wildman–Crippen MR) is 89.4 cm³/mol. The molecule has 2 aromatic heterocycles. The van der Waals surface area contributed by atoms with E-state index < -0.39 is 0 Å². The molecule has 0 N–H and O–H groups in total. The van der Waals surface area contributed by atoms with Crippen molar-refractivity contribution in [2.45, 2.75) is 25.7 Å². The van der Waals surface area contributed by atoms with Crippen molar-refractivity contribution >= 4 is 5.91 Å². The highest BCUT2D eigenvalue weighted by atomic mass is 16.5. The molecular formula is C17H23N5O2. The zero-order chi connectivity index (χ0) is 17.1. The van der Waals surface area contributed by atoms with Crippen LogP contribution in [0, 0.1) is 6.92 Å². The Morgan fingerprint density at radius 2 is 2.21 bits per heavy atom. The monoisotopic (exact) mass is 329 g/mol. The van der Waals surface area contributed by atoms with E-state index >= 15 is 0 Å². The molecule has 128 valence electrons. The molecule has 7 heteroatoms. The van der Waals surface area contributed by atoms with Crippen LogP contribution >= 0.6 is 0 Å². The summed E-state index contributed by atoms with van der Waals surface area (Å²) in [4.78, 5) is 27.4. The molecule has 1 amide bonds. The fourth-order valence-electron chi connectivity index (χ4n) is 3.10. The summed E-state index contributed by atoms with van der Waals surface area (Å²) in [6.07, 6.45) is 7.37. The zero-order valence-corrected chi connectivity index (χ0v) is 14.4. The van der Waals surface area contributed by atoms with Gasteiger partial charge in [0.15, 0.2) is 0 Å². The van der Waals surface area contributed by atoms with Crippen LogP contribution in [0.25, 0.3) is 11.4 Å². The van der Waals surface area contributed by atoms with Crippen LogP contribution in [0.1, 0.15) is 30.3 Å². The van der Waals surface area contributed by atoms with Crippen molar-refractivity contribution in [1.82, 2.24) is 24.4 Å². The maximum atomic E-state index is 12.1. The fraction of sp³-hybridized carbons (Fsp3) is 0.529. The SMILES string of the molecule is COCC(=O)N1CCC[C@@H](c2cncc(-c3cnc(C)n3C)n2)C1. The highest BCUT2D eigenvalue weighted by Crippen LogP contribution is 2.27. The molecule has 1 fully saturated rings. The molecular weight excluding hydrogens is 306 g/mol. The largest absolute Gasteiger partial charge is 0.375 e. The predicted octanol–water partition coefficient (Wildman–Crippen LogP) is 1.54. The maximum absolute atomic E-state index is 12.1. The van der Waals surface area contributed by atoms with E-state index in [1.54, 1.807) is 13.3 Å². The molecule has 0 saturated carbocycles. The number of methoxy groups -OCH3 is 1. The molecule has 2 aromatic rings. The highest BCUT2D eigenvalue weighted by Gasteiger charge is 2.26. The van der Waals surface area contributed by atoms with Crippen molar-refractivity contribution in [3.05, 3.63) is 30.1 Å². The van der Waals surface area contributed by atoms with Gasteiger partial charge in [-0.05, 0) is 19.8 Å². The molecule has 1 aliphatic rings. The molecule has 0 aromatic carbocycles. The molecule has 0 bridgehead atoms. The Kier molecular flexibility index (Phi) is 4.89. The lowest BCUT2D eigenvalue weighted by atomic mass is 9.95. The third-order valence-electron chi connectivity index (χ3n) is 4.60. The minimum Gasteiger partial charge on any atom is -0.375 e. The Morgan fingerprint density at radius 3 is 2.92 bits per heavy atom. The summed E-state index contributed by atoms with van der Waals surface area (Å²) in [6.45, 7) is 3.55. The van der Waals surface area contributed by atoms with Crippen LogP contribution in [0.2, 0.25) is 0 Å². The van der Waals surface area contributed by atoms with Crippen molar-refractivity contribution < 1.29 is 9.53 Å². The number of carbonyl (C=O) groups excluding carboxylic acids is 1. The summed E-state index contributed by atoms with van der Waals surface area (Å²) in [6, 6.07) is 0. The molecule has 1 aliphatic heterocycles. The maximum Gasteiger partial charge on any atom is 0.248 e. The van der Waals surface area contributed by atoms with Gasteiger partial charge in [0.2, 0.25) is 5.91 Å². The van der Waals surface area contributed by atoms with Gasteiger partial charge in [0.05, 0.1) is 23.8 Å². The van der Waals surface area contributed by atoms with Gasteiger partial charge in [-0.2, -0.15) is 0 Å². The first-order chi connectivity index (χ1) is 11.6. The molecule has 1 atom stereocenters. The van der Waals surface area contributed by atoms with Crippen LogP contribution < -0.4 is 0 Å². The average molecular weight is 329 g/mol. The van der Waals surface area contributed by atoms with Gasteiger partial charge in [-0.3, -0.25) is 9.78 Å². The molecule has 3 heterocycles. The Balaban J connectivity index is 1.81. The number of carbonyl (C=O) groups is 1. The molecule has 0 spiro atoms. The molecule has 0 unspecified atom stereocenters. The van der Waals surface area contributed by atoms with E-state index in [2.05, 4.69) is 9.97 Å². The third kappa shape index (κ3) is 3.31. The first-order valence-electron chi connectivity index (χ1n) is 8.17. The van der Waals surface area contributed by atoms with Crippen molar-refractivity contribution in [3.63, 3.8) is 0 Å². The van der Waals surface area contributed by atoms with Crippen LogP contribution in [0.3, 0.4) is 0 Å². The van der Waals surface area contributed by atoms with Crippen LogP contribution in [-0.2, 0) is 16.6 Å². The van der Waals surface area contributed by atoms with Crippen LogP contribution in [0.15, 0.2) is 18.6 Å². The van der Waals surface area contributed by atoms with Crippen molar-refractivity contribution in [3.8, 4) is 11.4 Å². The van der Waals surface area contributed by atoms with E-state index in [-0.39, 0.29) is 18.4 Å². The normalized spacial score (nSPS) is 18.0.